The van der Waals surface area contributed by atoms with E-state index in [1.165, 1.54) is 44.8 Å². The highest BCUT2D eigenvalue weighted by Gasteiger charge is 2.71. The van der Waals surface area contributed by atoms with Crippen molar-refractivity contribution in [1.82, 2.24) is 0 Å². The third-order valence-corrected chi connectivity index (χ3v) is 14.8. The molecule has 6 heteroatoms. The van der Waals surface area contributed by atoms with Gasteiger partial charge in [-0.2, -0.15) is 0 Å². The topological polar surface area (TPSA) is 78.9 Å². The lowest BCUT2D eigenvalue weighted by molar-refractivity contribution is -0.252. The summed E-state index contributed by atoms with van der Waals surface area (Å²) in [5.41, 5.74) is 1.92. The van der Waals surface area contributed by atoms with Crippen LogP contribution >= 0.6 is 0 Å². The molecule has 43 heavy (non-hydrogen) atoms. The minimum atomic E-state index is -0.374. The highest BCUT2D eigenvalue weighted by Crippen LogP contribution is 2.77. The number of methoxy groups -OCH3 is 1. The van der Waals surface area contributed by atoms with E-state index in [1.54, 1.807) is 6.92 Å². The molecule has 5 aliphatic carbocycles. The fraction of sp³-hybridized carbons (Fsp3) is 0.865. The molecule has 0 aliphatic heterocycles. The van der Waals surface area contributed by atoms with Gasteiger partial charge in [0.2, 0.25) is 0 Å². The average molecular weight is 599 g/mol. The van der Waals surface area contributed by atoms with Gasteiger partial charge in [0, 0.05) is 17.8 Å². The molecule has 0 aromatic carbocycles. The Bertz CT molecular complexity index is 1140. The number of esters is 3. The Kier molecular flexibility index (Phi) is 8.47. The van der Waals surface area contributed by atoms with E-state index < -0.39 is 0 Å². The number of carbonyl (C=O) groups excluding carboxylic acids is 3. The fourth-order valence-corrected chi connectivity index (χ4v) is 12.5. The van der Waals surface area contributed by atoms with E-state index in [-0.39, 0.29) is 63.9 Å². The summed E-state index contributed by atoms with van der Waals surface area (Å²) in [6.07, 6.45) is 11.5. The van der Waals surface area contributed by atoms with Gasteiger partial charge < -0.3 is 14.2 Å². The van der Waals surface area contributed by atoms with Crippen LogP contribution in [0.15, 0.2) is 12.2 Å². The van der Waals surface area contributed by atoms with Crippen LogP contribution in [0.1, 0.15) is 126 Å². The van der Waals surface area contributed by atoms with Crippen molar-refractivity contribution in [1.29, 1.82) is 0 Å². The van der Waals surface area contributed by atoms with Crippen molar-refractivity contribution >= 4 is 17.9 Å². The third kappa shape index (κ3) is 5.00. The van der Waals surface area contributed by atoms with Gasteiger partial charge in [-0.05, 0) is 117 Å². The van der Waals surface area contributed by atoms with Crippen molar-refractivity contribution < 1.29 is 28.6 Å². The Morgan fingerprint density at radius 1 is 0.767 bits per heavy atom. The van der Waals surface area contributed by atoms with E-state index >= 15 is 0 Å². The first-order valence-corrected chi connectivity index (χ1v) is 17.1. The molecule has 0 heterocycles. The summed E-state index contributed by atoms with van der Waals surface area (Å²) >= 11 is 0. The van der Waals surface area contributed by atoms with Crippen molar-refractivity contribution in [3.8, 4) is 0 Å². The van der Waals surface area contributed by atoms with Crippen molar-refractivity contribution in [2.75, 3.05) is 13.7 Å². The molecule has 5 fully saturated rings. The van der Waals surface area contributed by atoms with E-state index in [2.05, 4.69) is 48.1 Å². The zero-order valence-electron chi connectivity index (χ0n) is 28.3. The van der Waals surface area contributed by atoms with Gasteiger partial charge >= 0.3 is 17.9 Å². The Balaban J connectivity index is 1.40. The van der Waals surface area contributed by atoms with E-state index in [1.807, 2.05) is 0 Å². The first-order valence-electron chi connectivity index (χ1n) is 17.1. The molecule has 0 spiro atoms. The second-order valence-corrected chi connectivity index (χ2v) is 16.7. The Morgan fingerprint density at radius 3 is 2.12 bits per heavy atom. The monoisotopic (exact) mass is 598 g/mol. The van der Waals surface area contributed by atoms with Crippen LogP contribution < -0.4 is 0 Å². The minimum Gasteiger partial charge on any atom is -0.469 e. The predicted molar refractivity (Wildman–Crippen MR) is 167 cm³/mol. The summed E-state index contributed by atoms with van der Waals surface area (Å²) in [6.45, 7) is 21.3. The van der Waals surface area contributed by atoms with E-state index in [0.29, 0.717) is 36.2 Å². The molecule has 0 bridgehead atoms. The van der Waals surface area contributed by atoms with Crippen molar-refractivity contribution in [2.45, 2.75) is 132 Å². The van der Waals surface area contributed by atoms with E-state index in [4.69, 9.17) is 14.2 Å². The quantitative estimate of drug-likeness (QED) is 0.168. The zero-order valence-corrected chi connectivity index (χ0v) is 28.3. The van der Waals surface area contributed by atoms with Crippen LogP contribution in [0.5, 0.6) is 0 Å². The number of hydrogen-bond donors (Lipinski definition) is 0. The van der Waals surface area contributed by atoms with Crippen LogP contribution in [0.4, 0.5) is 0 Å². The van der Waals surface area contributed by atoms with Crippen molar-refractivity contribution in [3.05, 3.63) is 12.2 Å². The van der Waals surface area contributed by atoms with Gasteiger partial charge in [-0.15, -0.1) is 0 Å². The second kappa shape index (κ2) is 11.2. The van der Waals surface area contributed by atoms with Gasteiger partial charge in [-0.1, -0.05) is 46.8 Å². The molecule has 10 atom stereocenters. The maximum Gasteiger partial charge on any atom is 0.306 e. The van der Waals surface area contributed by atoms with E-state index in [0.717, 1.165) is 32.1 Å². The summed E-state index contributed by atoms with van der Waals surface area (Å²) < 4.78 is 16.6. The largest absolute Gasteiger partial charge is 0.469 e. The van der Waals surface area contributed by atoms with Crippen molar-refractivity contribution in [3.63, 3.8) is 0 Å². The smallest absolute Gasteiger partial charge is 0.306 e. The van der Waals surface area contributed by atoms with E-state index in [9.17, 15) is 14.4 Å². The SMILES string of the molecule is C=C(C)[C@@H]1CC[C@@]2(COC(C)=O)CC[C@]3(C)[C@@H](CC[C@@H]4[C@@]5(C)CC[C@H](OC(=O)CCC(=O)OC)C(C)(C)[C@@H]5CC[C@]43C)[C@H]12. The first-order chi connectivity index (χ1) is 20.1. The highest BCUT2D eigenvalue weighted by molar-refractivity contribution is 5.77. The second-order valence-electron chi connectivity index (χ2n) is 16.7. The van der Waals surface area contributed by atoms with Crippen LogP contribution in [0, 0.1) is 56.7 Å². The minimum absolute atomic E-state index is 0.0686. The lowest BCUT2D eigenvalue weighted by atomic mass is 9.32. The number of carbonyl (C=O) groups is 3. The maximum absolute atomic E-state index is 12.7. The molecule has 0 aromatic heterocycles. The van der Waals surface area contributed by atoms with Gasteiger partial charge in [0.25, 0.3) is 0 Å². The normalized spacial score (nSPS) is 44.6. The summed E-state index contributed by atoms with van der Waals surface area (Å²) in [6, 6.07) is 0. The predicted octanol–water partition coefficient (Wildman–Crippen LogP) is 8.07. The molecule has 242 valence electrons. The molecule has 5 saturated carbocycles. The third-order valence-electron chi connectivity index (χ3n) is 14.8. The number of hydrogen-bond acceptors (Lipinski definition) is 6. The lowest BCUT2D eigenvalue weighted by Crippen LogP contribution is -2.67. The molecule has 0 aromatic rings. The number of fused-ring (bicyclic) bond motifs is 7. The number of ether oxygens (including phenoxy) is 3. The van der Waals surface area contributed by atoms with Crippen molar-refractivity contribution in [2.24, 2.45) is 56.7 Å². The van der Waals surface area contributed by atoms with Crippen LogP contribution in [-0.4, -0.2) is 37.7 Å². The van der Waals surface area contributed by atoms with Gasteiger partial charge in [0.15, 0.2) is 0 Å². The van der Waals surface area contributed by atoms with Crippen LogP contribution in [0.25, 0.3) is 0 Å². The molecule has 0 unspecified atom stereocenters. The number of rotatable bonds is 7. The molecule has 0 radical (unpaired) electrons. The molecule has 0 N–H and O–H groups in total. The van der Waals surface area contributed by atoms with Crippen LogP contribution in [0.2, 0.25) is 0 Å². The molecule has 6 nitrogen and oxygen atoms in total. The lowest BCUT2D eigenvalue weighted by Gasteiger charge is -2.73. The van der Waals surface area contributed by atoms with Gasteiger partial charge in [0.1, 0.15) is 6.10 Å². The fourth-order valence-electron chi connectivity index (χ4n) is 12.5. The molecule has 0 amide bonds. The summed E-state index contributed by atoms with van der Waals surface area (Å²) in [5, 5.41) is 0. The van der Waals surface area contributed by atoms with Gasteiger partial charge in [0.05, 0.1) is 26.6 Å². The first kappa shape index (κ1) is 32.5. The Labute approximate surface area is 260 Å². The molecular weight excluding hydrogens is 540 g/mol. The summed E-state index contributed by atoms with van der Waals surface area (Å²) in [5.74, 6) is 1.94. The Morgan fingerprint density at radius 2 is 1.47 bits per heavy atom. The van der Waals surface area contributed by atoms with Crippen LogP contribution in [-0.2, 0) is 28.6 Å². The molecular formula is C37H58O6. The molecule has 5 rings (SSSR count). The summed E-state index contributed by atoms with van der Waals surface area (Å²) in [4.78, 5) is 36.3. The summed E-state index contributed by atoms with van der Waals surface area (Å²) in [7, 11) is 1.35. The van der Waals surface area contributed by atoms with Gasteiger partial charge in [-0.3, -0.25) is 14.4 Å². The average Bonchev–Trinajstić information content (AvgIpc) is 3.33. The van der Waals surface area contributed by atoms with Gasteiger partial charge in [-0.25, -0.2) is 0 Å². The zero-order chi connectivity index (χ0) is 31.6. The molecule has 5 aliphatic rings. The Hall–Kier alpha value is -1.85. The number of allylic oxidation sites excluding steroid dienone is 1. The van der Waals surface area contributed by atoms with Crippen LogP contribution in [0.3, 0.4) is 0 Å². The molecule has 0 saturated heterocycles. The maximum atomic E-state index is 12.7. The standard InChI is InChI=1S/C37H58O6/c1-23(2)25-14-19-37(22-42-24(3)38)21-20-35(7)26(32(25)37)10-11-28-34(6)17-16-29(43-31(40)13-12-30(39)41-9)33(4,5)27(34)15-18-36(28,35)8/h25-29,32H,1,10-22H2,2-9H3/t25-,26-,27-,28+,29-,32-,34-,35+,36+,37-/m0/s1. The highest BCUT2D eigenvalue weighted by atomic mass is 16.5.